The molecule has 27 heavy (non-hydrogen) atoms. The van der Waals surface area contributed by atoms with Crippen LogP contribution in [0.3, 0.4) is 0 Å². The van der Waals surface area contributed by atoms with Gasteiger partial charge in [-0.2, -0.15) is 5.10 Å². The van der Waals surface area contributed by atoms with E-state index in [9.17, 15) is 4.79 Å². The van der Waals surface area contributed by atoms with Gasteiger partial charge in [-0.3, -0.25) is 9.78 Å². The van der Waals surface area contributed by atoms with Crippen LogP contribution >= 0.6 is 22.9 Å². The minimum absolute atomic E-state index is 0.0738. The lowest BCUT2D eigenvalue weighted by molar-refractivity contribution is -0.116. The lowest BCUT2D eigenvalue weighted by Gasteiger charge is -2.05. The molecule has 0 radical (unpaired) electrons. The summed E-state index contributed by atoms with van der Waals surface area (Å²) >= 11 is 7.92. The van der Waals surface area contributed by atoms with Crippen LogP contribution in [0.4, 0.5) is 0 Å². The maximum Gasteiger partial charge on any atom is 0.210 e. The van der Waals surface area contributed by atoms with Crippen LogP contribution in [-0.2, 0) is 11.2 Å². The van der Waals surface area contributed by atoms with Crippen molar-refractivity contribution in [1.29, 1.82) is 0 Å². The van der Waals surface area contributed by atoms with Gasteiger partial charge in [-0.15, -0.1) is 11.3 Å². The van der Waals surface area contributed by atoms with Gasteiger partial charge in [-0.1, -0.05) is 29.8 Å². The van der Waals surface area contributed by atoms with Crippen molar-refractivity contribution in [2.75, 3.05) is 0 Å². The Bertz CT molecular complexity index is 1100. The number of thiazole rings is 1. The van der Waals surface area contributed by atoms with Crippen molar-refractivity contribution < 1.29 is 4.79 Å². The Labute approximate surface area is 165 Å². The average molecular weight is 395 g/mol. The van der Waals surface area contributed by atoms with Gasteiger partial charge in [0.15, 0.2) is 0 Å². The summed E-state index contributed by atoms with van der Waals surface area (Å²) in [6.07, 6.45) is 3.75. The third kappa shape index (κ3) is 3.67. The van der Waals surface area contributed by atoms with Crippen LogP contribution in [0.5, 0.6) is 0 Å². The summed E-state index contributed by atoms with van der Waals surface area (Å²) in [6.45, 7) is 1.56. The number of nitrogens with zero attached hydrogens (tertiary/aromatic N) is 4. The van der Waals surface area contributed by atoms with Crippen molar-refractivity contribution in [3.8, 4) is 27.6 Å². The van der Waals surface area contributed by atoms with Crippen LogP contribution in [0, 0.1) is 0 Å². The molecule has 0 fully saturated rings. The van der Waals surface area contributed by atoms with Crippen LogP contribution < -0.4 is 0 Å². The van der Waals surface area contributed by atoms with Crippen LogP contribution in [0.2, 0.25) is 5.02 Å². The van der Waals surface area contributed by atoms with Crippen molar-refractivity contribution >= 4 is 28.7 Å². The van der Waals surface area contributed by atoms with Crippen molar-refractivity contribution in [1.82, 2.24) is 19.7 Å². The molecule has 0 N–H and O–H groups in total. The highest BCUT2D eigenvalue weighted by Crippen LogP contribution is 2.33. The monoisotopic (exact) mass is 394 g/mol. The lowest BCUT2D eigenvalue weighted by atomic mass is 10.1. The molecule has 4 aromatic rings. The molecule has 4 rings (SSSR count). The highest BCUT2D eigenvalue weighted by Gasteiger charge is 2.17. The number of pyridine rings is 1. The molecule has 3 aromatic heterocycles. The van der Waals surface area contributed by atoms with Gasteiger partial charge in [0.25, 0.3) is 0 Å². The Morgan fingerprint density at radius 1 is 1.15 bits per heavy atom. The normalized spacial score (nSPS) is 10.9. The predicted octanol–water partition coefficient (Wildman–Crippen LogP) is 4.84. The molecule has 0 aliphatic carbocycles. The number of carbonyl (C=O) groups excluding carboxylic acids is 1. The number of Topliss-reactive ketones (excluding diaryl/α,β-unsaturated/α-hetero) is 1. The third-order valence-electron chi connectivity index (χ3n) is 4.00. The molecule has 0 aliphatic rings. The van der Waals surface area contributed by atoms with E-state index in [2.05, 4.69) is 9.97 Å². The topological polar surface area (TPSA) is 60.7 Å². The van der Waals surface area contributed by atoms with E-state index in [0.29, 0.717) is 11.4 Å². The number of ketones is 1. The molecular weight excluding hydrogens is 380 g/mol. The number of halogens is 1. The first-order chi connectivity index (χ1) is 13.1. The Morgan fingerprint density at radius 3 is 2.74 bits per heavy atom. The molecule has 0 saturated carbocycles. The van der Waals surface area contributed by atoms with E-state index in [0.717, 1.165) is 33.3 Å². The molecular formula is C20H15ClN4OS. The fourth-order valence-electron chi connectivity index (χ4n) is 2.84. The number of rotatable bonds is 5. The van der Waals surface area contributed by atoms with Gasteiger partial charge >= 0.3 is 0 Å². The van der Waals surface area contributed by atoms with Gasteiger partial charge in [0.1, 0.15) is 5.78 Å². The minimum atomic E-state index is 0.0738. The molecule has 0 atom stereocenters. The maximum absolute atomic E-state index is 11.4. The van der Waals surface area contributed by atoms with Crippen LogP contribution in [0.1, 0.15) is 12.6 Å². The van der Waals surface area contributed by atoms with Crippen molar-refractivity contribution in [3.05, 3.63) is 71.0 Å². The second-order valence-electron chi connectivity index (χ2n) is 6.04. The number of hydrogen-bond acceptors (Lipinski definition) is 5. The molecule has 3 heterocycles. The second kappa shape index (κ2) is 7.42. The summed E-state index contributed by atoms with van der Waals surface area (Å²) in [7, 11) is 0. The van der Waals surface area contributed by atoms with Gasteiger partial charge in [-0.05, 0) is 31.2 Å². The molecule has 0 amide bonds. The van der Waals surface area contributed by atoms with E-state index in [1.54, 1.807) is 24.0 Å². The Hall–Kier alpha value is -2.83. The Balaban J connectivity index is 1.85. The molecule has 0 unspecified atom stereocenters. The zero-order valence-corrected chi connectivity index (χ0v) is 16.0. The molecule has 0 bridgehead atoms. The highest BCUT2D eigenvalue weighted by atomic mass is 35.5. The van der Waals surface area contributed by atoms with Crippen molar-refractivity contribution in [2.45, 2.75) is 13.3 Å². The third-order valence-corrected chi connectivity index (χ3v) is 5.08. The number of aromatic nitrogens is 4. The van der Waals surface area contributed by atoms with Crippen LogP contribution in [0.25, 0.3) is 27.6 Å². The molecule has 5 nitrogen and oxygen atoms in total. The van der Waals surface area contributed by atoms with E-state index in [1.807, 2.05) is 47.8 Å². The largest absolute Gasteiger partial charge is 0.300 e. The summed E-state index contributed by atoms with van der Waals surface area (Å²) in [5.41, 5.74) is 4.13. The maximum atomic E-state index is 11.4. The highest BCUT2D eigenvalue weighted by molar-refractivity contribution is 7.12. The van der Waals surface area contributed by atoms with Crippen LogP contribution in [0.15, 0.2) is 60.2 Å². The fraction of sp³-hybridized carbons (Fsp3) is 0.100. The van der Waals surface area contributed by atoms with Crippen molar-refractivity contribution in [2.24, 2.45) is 0 Å². The minimum Gasteiger partial charge on any atom is -0.300 e. The first kappa shape index (κ1) is 17.6. The van der Waals surface area contributed by atoms with Gasteiger partial charge in [-0.25, -0.2) is 9.67 Å². The first-order valence-electron chi connectivity index (χ1n) is 8.31. The summed E-state index contributed by atoms with van der Waals surface area (Å²) in [6, 6.07) is 13.4. The second-order valence-corrected chi connectivity index (χ2v) is 7.32. The van der Waals surface area contributed by atoms with Gasteiger partial charge in [0.05, 0.1) is 11.4 Å². The zero-order valence-electron chi connectivity index (χ0n) is 14.5. The zero-order chi connectivity index (χ0) is 18.8. The van der Waals surface area contributed by atoms with Gasteiger partial charge in [0, 0.05) is 46.0 Å². The smallest absolute Gasteiger partial charge is 0.210 e. The van der Waals surface area contributed by atoms with Crippen molar-refractivity contribution in [3.63, 3.8) is 0 Å². The van der Waals surface area contributed by atoms with E-state index >= 15 is 0 Å². The van der Waals surface area contributed by atoms with E-state index < -0.39 is 0 Å². The molecule has 0 spiro atoms. The molecule has 134 valence electrons. The first-order valence-corrected chi connectivity index (χ1v) is 9.57. The molecule has 7 heteroatoms. The summed E-state index contributed by atoms with van der Waals surface area (Å²) in [4.78, 5) is 20.1. The molecule has 1 aromatic carbocycles. The SMILES string of the molecule is CC(=O)Cc1cc(-c2cc(-c3ccccc3Cl)n(-c3nccs3)n2)ccn1. The average Bonchev–Trinajstić information content (AvgIpc) is 3.31. The van der Waals surface area contributed by atoms with Gasteiger partial charge in [0.2, 0.25) is 5.13 Å². The van der Waals surface area contributed by atoms with E-state index in [1.165, 1.54) is 11.3 Å². The fourth-order valence-corrected chi connectivity index (χ4v) is 3.68. The quantitative estimate of drug-likeness (QED) is 0.485. The number of carbonyl (C=O) groups is 1. The standard InChI is InChI=1S/C20H15ClN4OS/c1-13(26)10-15-11-14(6-7-22-15)18-12-19(16-4-2-3-5-17(16)21)25(24-18)20-23-8-9-27-20/h2-9,11-12H,10H2,1H3. The lowest BCUT2D eigenvalue weighted by Crippen LogP contribution is -2.00. The van der Waals surface area contributed by atoms with Crippen LogP contribution in [-0.4, -0.2) is 25.5 Å². The molecule has 0 saturated heterocycles. The van der Waals surface area contributed by atoms with Gasteiger partial charge < -0.3 is 0 Å². The van der Waals surface area contributed by atoms with E-state index in [4.69, 9.17) is 16.7 Å². The van der Waals surface area contributed by atoms with E-state index in [-0.39, 0.29) is 5.78 Å². The number of hydrogen-bond donors (Lipinski definition) is 0. The predicted molar refractivity (Wildman–Crippen MR) is 107 cm³/mol. The Kier molecular flexibility index (Phi) is 4.83. The number of benzene rings is 1. The summed E-state index contributed by atoms with van der Waals surface area (Å²) in [5, 5.41) is 8.07. The summed E-state index contributed by atoms with van der Waals surface area (Å²) in [5.74, 6) is 0.0738. The molecule has 0 aliphatic heterocycles. The summed E-state index contributed by atoms with van der Waals surface area (Å²) < 4.78 is 1.80. The Morgan fingerprint density at radius 2 is 2.00 bits per heavy atom.